The molecule has 0 aliphatic rings. The van der Waals surface area contributed by atoms with Crippen molar-refractivity contribution in [3.8, 4) is 0 Å². The Morgan fingerprint density at radius 3 is 2.26 bits per heavy atom. The van der Waals surface area contributed by atoms with Gasteiger partial charge in [0.15, 0.2) is 0 Å². The van der Waals surface area contributed by atoms with Gasteiger partial charge in [-0.15, -0.1) is 11.6 Å². The van der Waals surface area contributed by atoms with Crippen LogP contribution in [0.2, 0.25) is 0 Å². The molecule has 0 N–H and O–H groups in total. The van der Waals surface area contributed by atoms with Crippen LogP contribution in [0.1, 0.15) is 28.2 Å². The minimum Gasteiger partial charge on any atom is -0.207 e. The lowest BCUT2D eigenvalue weighted by atomic mass is 9.92. The Bertz CT molecular complexity index is 543. The topological polar surface area (TPSA) is 0 Å². The first kappa shape index (κ1) is 14.1. The number of aryl methyl sites for hydroxylation is 2. The highest BCUT2D eigenvalue weighted by Crippen LogP contribution is 2.25. The fraction of sp³-hybridized carbons (Fsp3) is 0.294. The second-order valence-corrected chi connectivity index (χ2v) is 5.38. The van der Waals surface area contributed by atoms with Crippen molar-refractivity contribution in [3.05, 3.63) is 70.5 Å². The molecule has 2 aromatic carbocycles. The lowest BCUT2D eigenvalue weighted by molar-refractivity contribution is 0.589. The lowest BCUT2D eigenvalue weighted by Crippen LogP contribution is -2.07. The molecule has 2 heteroatoms. The molecule has 2 aromatic rings. The zero-order valence-electron chi connectivity index (χ0n) is 11.3. The third-order valence-corrected chi connectivity index (χ3v) is 3.67. The summed E-state index contributed by atoms with van der Waals surface area (Å²) in [6.45, 7) is 4.16. The van der Waals surface area contributed by atoms with Crippen LogP contribution < -0.4 is 0 Å². The van der Waals surface area contributed by atoms with Crippen LogP contribution in [0.25, 0.3) is 0 Å². The Kier molecular flexibility index (Phi) is 4.60. The molecule has 0 fully saturated rings. The summed E-state index contributed by atoms with van der Waals surface area (Å²) in [7, 11) is 0. The number of hydrogen-bond donors (Lipinski definition) is 0. The number of halogens is 2. The SMILES string of the molecule is Cc1cc(C)cc(CC(CCl)c2ccccc2F)c1. The number of alkyl halides is 1. The summed E-state index contributed by atoms with van der Waals surface area (Å²) < 4.78 is 13.8. The van der Waals surface area contributed by atoms with Crippen LogP contribution in [-0.2, 0) is 6.42 Å². The maximum Gasteiger partial charge on any atom is 0.126 e. The van der Waals surface area contributed by atoms with Crippen LogP contribution in [0.5, 0.6) is 0 Å². The zero-order chi connectivity index (χ0) is 13.8. The molecule has 100 valence electrons. The molecule has 0 saturated carbocycles. The van der Waals surface area contributed by atoms with E-state index < -0.39 is 0 Å². The molecule has 0 radical (unpaired) electrons. The van der Waals surface area contributed by atoms with E-state index in [1.807, 2.05) is 12.1 Å². The minimum atomic E-state index is -0.169. The molecule has 0 spiro atoms. The van der Waals surface area contributed by atoms with Gasteiger partial charge in [0.1, 0.15) is 5.82 Å². The van der Waals surface area contributed by atoms with Crippen LogP contribution >= 0.6 is 11.6 Å². The maximum atomic E-state index is 13.8. The largest absolute Gasteiger partial charge is 0.207 e. The summed E-state index contributed by atoms with van der Waals surface area (Å²) in [5, 5.41) is 0. The summed E-state index contributed by atoms with van der Waals surface area (Å²) in [5.41, 5.74) is 4.39. The second-order valence-electron chi connectivity index (χ2n) is 5.07. The third-order valence-electron chi connectivity index (χ3n) is 3.29. The van der Waals surface area contributed by atoms with Crippen LogP contribution in [0.3, 0.4) is 0 Å². The molecule has 2 rings (SSSR count). The van der Waals surface area contributed by atoms with E-state index in [2.05, 4.69) is 32.0 Å². The Labute approximate surface area is 119 Å². The van der Waals surface area contributed by atoms with Crippen molar-refractivity contribution in [1.82, 2.24) is 0 Å². The van der Waals surface area contributed by atoms with Crippen molar-refractivity contribution >= 4 is 11.6 Å². The van der Waals surface area contributed by atoms with Gasteiger partial charge in [-0.25, -0.2) is 4.39 Å². The summed E-state index contributed by atoms with van der Waals surface area (Å²) in [6, 6.07) is 13.3. The van der Waals surface area contributed by atoms with Gasteiger partial charge >= 0.3 is 0 Å². The molecule has 1 unspecified atom stereocenters. The number of rotatable bonds is 4. The van der Waals surface area contributed by atoms with Crippen LogP contribution in [0.15, 0.2) is 42.5 Å². The van der Waals surface area contributed by atoms with E-state index >= 15 is 0 Å². The van der Waals surface area contributed by atoms with E-state index in [1.165, 1.54) is 22.8 Å². The highest BCUT2D eigenvalue weighted by atomic mass is 35.5. The average molecular weight is 277 g/mol. The van der Waals surface area contributed by atoms with Gasteiger partial charge in [0.2, 0.25) is 0 Å². The smallest absolute Gasteiger partial charge is 0.126 e. The molecule has 0 aliphatic heterocycles. The Morgan fingerprint density at radius 2 is 1.68 bits per heavy atom. The van der Waals surface area contributed by atoms with Crippen molar-refractivity contribution in [3.63, 3.8) is 0 Å². The van der Waals surface area contributed by atoms with Crippen molar-refractivity contribution in [2.24, 2.45) is 0 Å². The van der Waals surface area contributed by atoms with Crippen LogP contribution in [-0.4, -0.2) is 5.88 Å². The Hall–Kier alpha value is -1.34. The van der Waals surface area contributed by atoms with Gasteiger partial charge in [-0.3, -0.25) is 0 Å². The van der Waals surface area contributed by atoms with Crippen molar-refractivity contribution < 1.29 is 4.39 Å². The molecule has 0 heterocycles. The maximum absolute atomic E-state index is 13.8. The fourth-order valence-electron chi connectivity index (χ4n) is 2.53. The molecular weight excluding hydrogens is 259 g/mol. The van der Waals surface area contributed by atoms with Gasteiger partial charge in [0.25, 0.3) is 0 Å². The van der Waals surface area contributed by atoms with Crippen molar-refractivity contribution in [1.29, 1.82) is 0 Å². The van der Waals surface area contributed by atoms with E-state index in [-0.39, 0.29) is 11.7 Å². The minimum absolute atomic E-state index is 0.0177. The van der Waals surface area contributed by atoms with Gasteiger partial charge in [-0.2, -0.15) is 0 Å². The Balaban J connectivity index is 2.26. The van der Waals surface area contributed by atoms with E-state index in [9.17, 15) is 4.39 Å². The van der Waals surface area contributed by atoms with E-state index in [0.717, 1.165) is 6.42 Å². The number of benzene rings is 2. The summed E-state index contributed by atoms with van der Waals surface area (Å²) in [4.78, 5) is 0. The van der Waals surface area contributed by atoms with Gasteiger partial charge < -0.3 is 0 Å². The van der Waals surface area contributed by atoms with Gasteiger partial charge in [-0.1, -0.05) is 47.5 Å². The molecule has 0 bridgehead atoms. The predicted molar refractivity (Wildman–Crippen MR) is 79.5 cm³/mol. The predicted octanol–water partition coefficient (Wildman–Crippen LogP) is 5.01. The first-order valence-corrected chi connectivity index (χ1v) is 7.01. The molecule has 0 aromatic heterocycles. The first-order valence-electron chi connectivity index (χ1n) is 6.47. The van der Waals surface area contributed by atoms with Crippen molar-refractivity contribution in [2.45, 2.75) is 26.2 Å². The summed E-state index contributed by atoms with van der Waals surface area (Å²) in [5.74, 6) is 0.273. The molecule has 0 nitrogen and oxygen atoms in total. The molecule has 19 heavy (non-hydrogen) atoms. The van der Waals surface area contributed by atoms with Gasteiger partial charge in [0.05, 0.1) is 0 Å². The van der Waals surface area contributed by atoms with Gasteiger partial charge in [-0.05, 0) is 37.5 Å². The summed E-state index contributed by atoms with van der Waals surface area (Å²) >= 11 is 6.04. The van der Waals surface area contributed by atoms with Gasteiger partial charge in [0, 0.05) is 11.8 Å². The quantitative estimate of drug-likeness (QED) is 0.689. The molecular formula is C17H18ClF. The second kappa shape index (κ2) is 6.21. The average Bonchev–Trinajstić information content (AvgIpc) is 2.36. The zero-order valence-corrected chi connectivity index (χ0v) is 12.0. The molecule has 0 amide bonds. The molecule has 0 saturated heterocycles. The van der Waals surface area contributed by atoms with Crippen molar-refractivity contribution in [2.75, 3.05) is 5.88 Å². The fourth-order valence-corrected chi connectivity index (χ4v) is 2.80. The third kappa shape index (κ3) is 3.57. The Morgan fingerprint density at radius 1 is 1.05 bits per heavy atom. The standard InChI is InChI=1S/C17H18ClF/c1-12-7-13(2)9-14(8-12)10-15(11-18)16-5-3-4-6-17(16)19/h3-9,15H,10-11H2,1-2H3. The molecule has 0 aliphatic carbocycles. The van der Waals surface area contributed by atoms with E-state index in [0.29, 0.717) is 11.4 Å². The van der Waals surface area contributed by atoms with Crippen LogP contribution in [0, 0.1) is 19.7 Å². The van der Waals surface area contributed by atoms with E-state index in [1.54, 1.807) is 6.07 Å². The highest BCUT2D eigenvalue weighted by Gasteiger charge is 2.15. The molecule has 1 atom stereocenters. The normalized spacial score (nSPS) is 12.4. The number of hydrogen-bond acceptors (Lipinski definition) is 0. The summed E-state index contributed by atoms with van der Waals surface area (Å²) in [6.07, 6.45) is 0.771. The van der Waals surface area contributed by atoms with Crippen LogP contribution in [0.4, 0.5) is 4.39 Å². The lowest BCUT2D eigenvalue weighted by Gasteiger charge is -2.16. The monoisotopic (exact) mass is 276 g/mol. The van der Waals surface area contributed by atoms with E-state index in [4.69, 9.17) is 11.6 Å². The highest BCUT2D eigenvalue weighted by molar-refractivity contribution is 6.18. The first-order chi connectivity index (χ1) is 9.10.